The molecule has 0 aliphatic heterocycles. The summed E-state index contributed by atoms with van der Waals surface area (Å²) in [6.45, 7) is 2.63. The second-order valence-corrected chi connectivity index (χ2v) is 5.26. The molecule has 0 fully saturated rings. The molecule has 0 bridgehead atoms. The van der Waals surface area contributed by atoms with Crippen molar-refractivity contribution in [2.45, 2.75) is 19.9 Å². The zero-order valence-electron chi connectivity index (χ0n) is 12.6. The van der Waals surface area contributed by atoms with Gasteiger partial charge in [0, 0.05) is 12.1 Å². The maximum Gasteiger partial charge on any atom is 0.205 e. The van der Waals surface area contributed by atoms with Crippen LogP contribution in [0.5, 0.6) is 17.2 Å². The van der Waals surface area contributed by atoms with E-state index in [4.69, 9.17) is 14.2 Å². The van der Waals surface area contributed by atoms with Crippen LogP contribution in [0.3, 0.4) is 0 Å². The predicted octanol–water partition coefficient (Wildman–Crippen LogP) is 2.74. The molecule has 2 aromatic rings. The SMILES string of the molecule is CCc1nnc(NCc2ccc(OC)c(OC)c2OC)s1. The van der Waals surface area contributed by atoms with Crippen LogP contribution in [0.1, 0.15) is 17.5 Å². The van der Waals surface area contributed by atoms with Gasteiger partial charge in [0.25, 0.3) is 0 Å². The van der Waals surface area contributed by atoms with Crippen LogP contribution in [0.25, 0.3) is 0 Å². The molecule has 1 aromatic heterocycles. The number of benzene rings is 1. The summed E-state index contributed by atoms with van der Waals surface area (Å²) in [6, 6.07) is 3.80. The standard InChI is InChI=1S/C14H19N3O3S/c1-5-11-16-17-14(21-11)15-8-9-6-7-10(18-2)13(20-4)12(9)19-3/h6-7H,5,8H2,1-4H3,(H,15,17). The summed E-state index contributed by atoms with van der Waals surface area (Å²) in [5, 5.41) is 13.2. The number of ether oxygens (including phenoxy) is 3. The van der Waals surface area contributed by atoms with Gasteiger partial charge in [-0.1, -0.05) is 18.3 Å². The molecule has 1 N–H and O–H groups in total. The third-order valence-electron chi connectivity index (χ3n) is 2.99. The monoisotopic (exact) mass is 309 g/mol. The first-order valence-electron chi connectivity index (χ1n) is 6.57. The Morgan fingerprint density at radius 3 is 2.38 bits per heavy atom. The third-order valence-corrected chi connectivity index (χ3v) is 4.01. The normalized spacial score (nSPS) is 10.3. The molecule has 0 amide bonds. The van der Waals surface area contributed by atoms with Crippen molar-refractivity contribution < 1.29 is 14.2 Å². The van der Waals surface area contributed by atoms with Crippen LogP contribution in [0, 0.1) is 0 Å². The number of aromatic nitrogens is 2. The van der Waals surface area contributed by atoms with Crippen molar-refractivity contribution in [3.63, 3.8) is 0 Å². The van der Waals surface area contributed by atoms with Crippen molar-refractivity contribution in [3.8, 4) is 17.2 Å². The summed E-state index contributed by atoms with van der Waals surface area (Å²) in [5.74, 6) is 1.89. The highest BCUT2D eigenvalue weighted by molar-refractivity contribution is 7.15. The first kappa shape index (κ1) is 15.4. The number of nitrogens with zero attached hydrogens (tertiary/aromatic N) is 2. The molecule has 0 atom stereocenters. The van der Waals surface area contributed by atoms with Gasteiger partial charge in [0.2, 0.25) is 10.9 Å². The lowest BCUT2D eigenvalue weighted by molar-refractivity contribution is 0.322. The molecule has 1 aromatic carbocycles. The average Bonchev–Trinajstić information content (AvgIpc) is 2.99. The van der Waals surface area contributed by atoms with Crippen molar-refractivity contribution in [2.75, 3.05) is 26.6 Å². The fourth-order valence-electron chi connectivity index (χ4n) is 1.94. The molecule has 0 aliphatic rings. The molecule has 0 saturated heterocycles. The number of rotatable bonds is 7. The van der Waals surface area contributed by atoms with E-state index < -0.39 is 0 Å². The van der Waals surface area contributed by atoms with E-state index in [0.717, 1.165) is 22.1 Å². The highest BCUT2D eigenvalue weighted by Gasteiger charge is 2.15. The van der Waals surface area contributed by atoms with Gasteiger partial charge in [-0.25, -0.2) is 0 Å². The molecule has 6 nitrogen and oxygen atoms in total. The zero-order valence-corrected chi connectivity index (χ0v) is 13.4. The minimum atomic E-state index is 0.571. The van der Waals surface area contributed by atoms with Crippen LogP contribution in [0.4, 0.5) is 5.13 Å². The summed E-state index contributed by atoms with van der Waals surface area (Å²) >= 11 is 1.55. The zero-order chi connectivity index (χ0) is 15.2. The second-order valence-electron chi connectivity index (χ2n) is 4.20. The molecular weight excluding hydrogens is 290 g/mol. The van der Waals surface area contributed by atoms with Crippen molar-refractivity contribution in [3.05, 3.63) is 22.7 Å². The summed E-state index contributed by atoms with van der Waals surface area (Å²) < 4.78 is 16.1. The summed E-state index contributed by atoms with van der Waals surface area (Å²) in [5.41, 5.74) is 0.961. The Morgan fingerprint density at radius 2 is 1.81 bits per heavy atom. The van der Waals surface area contributed by atoms with Crippen molar-refractivity contribution in [1.82, 2.24) is 10.2 Å². The Bertz CT molecular complexity index is 601. The quantitative estimate of drug-likeness (QED) is 0.848. The van der Waals surface area contributed by atoms with Crippen LogP contribution in [0.15, 0.2) is 12.1 Å². The lowest BCUT2D eigenvalue weighted by Gasteiger charge is -2.15. The van der Waals surface area contributed by atoms with E-state index in [9.17, 15) is 0 Å². The molecule has 0 spiro atoms. The molecule has 2 rings (SSSR count). The van der Waals surface area contributed by atoms with E-state index >= 15 is 0 Å². The molecule has 0 aliphatic carbocycles. The van der Waals surface area contributed by atoms with Gasteiger partial charge in [0.15, 0.2) is 11.5 Å². The van der Waals surface area contributed by atoms with E-state index in [1.165, 1.54) is 0 Å². The summed E-state index contributed by atoms with van der Waals surface area (Å²) in [7, 11) is 4.81. The predicted molar refractivity (Wildman–Crippen MR) is 82.7 cm³/mol. The van der Waals surface area contributed by atoms with Gasteiger partial charge in [-0.3, -0.25) is 0 Å². The van der Waals surface area contributed by atoms with Gasteiger partial charge in [-0.15, -0.1) is 10.2 Å². The van der Waals surface area contributed by atoms with Gasteiger partial charge >= 0.3 is 0 Å². The maximum absolute atomic E-state index is 5.45. The Balaban J connectivity index is 2.19. The van der Waals surface area contributed by atoms with Crippen molar-refractivity contribution in [2.24, 2.45) is 0 Å². The molecule has 0 unspecified atom stereocenters. The Morgan fingerprint density at radius 1 is 1.05 bits per heavy atom. The fraction of sp³-hybridized carbons (Fsp3) is 0.429. The number of anilines is 1. The van der Waals surface area contributed by atoms with Gasteiger partial charge < -0.3 is 19.5 Å². The van der Waals surface area contributed by atoms with Gasteiger partial charge in [0.1, 0.15) is 5.01 Å². The maximum atomic E-state index is 5.45. The van der Waals surface area contributed by atoms with E-state index in [0.29, 0.717) is 23.8 Å². The van der Waals surface area contributed by atoms with E-state index in [1.54, 1.807) is 32.7 Å². The van der Waals surface area contributed by atoms with Gasteiger partial charge in [-0.05, 0) is 18.6 Å². The number of aryl methyl sites for hydroxylation is 1. The first-order valence-corrected chi connectivity index (χ1v) is 7.39. The Labute approximate surface area is 128 Å². The number of nitrogens with one attached hydrogen (secondary N) is 1. The van der Waals surface area contributed by atoms with E-state index in [-0.39, 0.29) is 0 Å². The molecule has 0 saturated carbocycles. The number of hydrogen-bond donors (Lipinski definition) is 1. The fourth-order valence-corrected chi connectivity index (χ4v) is 2.62. The molecule has 114 valence electrons. The van der Waals surface area contributed by atoms with Crippen molar-refractivity contribution >= 4 is 16.5 Å². The first-order chi connectivity index (χ1) is 10.2. The van der Waals surface area contributed by atoms with Crippen LogP contribution >= 0.6 is 11.3 Å². The number of hydrogen-bond acceptors (Lipinski definition) is 7. The summed E-state index contributed by atoms with van der Waals surface area (Å²) in [4.78, 5) is 0. The Kier molecular flexibility index (Phi) is 5.21. The van der Waals surface area contributed by atoms with Crippen LogP contribution in [-0.4, -0.2) is 31.5 Å². The molecule has 21 heavy (non-hydrogen) atoms. The largest absolute Gasteiger partial charge is 0.493 e. The number of methoxy groups -OCH3 is 3. The minimum Gasteiger partial charge on any atom is -0.493 e. The average molecular weight is 309 g/mol. The molecular formula is C14H19N3O3S. The van der Waals surface area contributed by atoms with Gasteiger partial charge in [0.05, 0.1) is 21.3 Å². The molecule has 7 heteroatoms. The van der Waals surface area contributed by atoms with Gasteiger partial charge in [-0.2, -0.15) is 0 Å². The van der Waals surface area contributed by atoms with E-state index in [2.05, 4.69) is 22.4 Å². The second kappa shape index (κ2) is 7.12. The Hall–Kier alpha value is -2.02. The van der Waals surface area contributed by atoms with Crippen LogP contribution in [-0.2, 0) is 13.0 Å². The van der Waals surface area contributed by atoms with Crippen LogP contribution in [0.2, 0.25) is 0 Å². The van der Waals surface area contributed by atoms with E-state index in [1.807, 2.05) is 12.1 Å². The smallest absolute Gasteiger partial charge is 0.205 e. The molecule has 0 radical (unpaired) electrons. The van der Waals surface area contributed by atoms with Crippen LogP contribution < -0.4 is 19.5 Å². The third kappa shape index (κ3) is 3.36. The highest BCUT2D eigenvalue weighted by atomic mass is 32.1. The lowest BCUT2D eigenvalue weighted by Crippen LogP contribution is -2.04. The lowest BCUT2D eigenvalue weighted by atomic mass is 10.1. The van der Waals surface area contributed by atoms with Crippen molar-refractivity contribution in [1.29, 1.82) is 0 Å². The minimum absolute atomic E-state index is 0.571. The summed E-state index contributed by atoms with van der Waals surface area (Å²) in [6.07, 6.45) is 0.888. The highest BCUT2D eigenvalue weighted by Crippen LogP contribution is 2.39. The topological polar surface area (TPSA) is 65.5 Å². The molecule has 1 heterocycles.